The topological polar surface area (TPSA) is 166 Å². The minimum atomic E-state index is -0.433. The van der Waals surface area contributed by atoms with Crippen molar-refractivity contribution < 1.29 is 19.4 Å². The first kappa shape index (κ1) is 108. The van der Waals surface area contributed by atoms with Crippen molar-refractivity contribution in [3.05, 3.63) is 405 Å². The molecule has 0 unspecified atom stereocenters. The predicted octanol–water partition coefficient (Wildman–Crippen LogP) is 30.8. The minimum Gasteiger partial charge on any atom is -0.487 e. The average molecular weight is 1740 g/mol. The molecule has 642 valence electrons. The Morgan fingerprint density at radius 1 is 0.367 bits per heavy atom. The molecular weight excluding hydrogens is 1620 g/mol. The highest BCUT2D eigenvalue weighted by atomic mass is 35.5. The standard InChI is InChI=1S/C13H22N2.C10H13NO.C9H11NO3.C9H13N.C9H12.C8H9NO2.2C8H10.3C7H6Cl2.C7H8/c1-11-6-7-12(2)13(10-11)15-9-5-3-4-8-14;1-7-4-5-8(2)10(6-7)11-9(3)12;1-3-13-9-5-4-7(2)6-8(9)10(11)12;1-8-4-6-9(7-5-8)10(2)3;1-7-4-8(2)6-9(3)5-7;1-6-4-3-5-8(7(6)2)9(10)11;1-7-3-5-8(2)6-4-7;1-7-4-3-5-8(2)6-7;1-5-2-6(8)4-7(9)3-5;1-5-2-3-6(8)7(9)4-5;1-5-6(8)3-2-4-7(5)9;1-7-5-3-2-4-6-7/h6-7,10,15H,3-5,8-9,14H2,1-2H3;4-6H,1-3H3,(H,11,12);4-6H,3H2,1-2H3;4-7H,1-3H3;4-6H,1-3H3;3-5H,1-2H3;2*3-6H,1-2H3;3*2-4H,1H3;2-6H,1H3. The first-order chi connectivity index (χ1) is 56.5. The van der Waals surface area contributed by atoms with E-state index in [9.17, 15) is 25.0 Å². The smallest absolute Gasteiger partial charge is 0.311 e. The van der Waals surface area contributed by atoms with E-state index in [1.807, 2.05) is 147 Å². The number of hydrogen-bond donors (Lipinski definition) is 3. The van der Waals surface area contributed by atoms with Crippen LogP contribution in [0.5, 0.6) is 5.75 Å². The summed E-state index contributed by atoms with van der Waals surface area (Å²) in [5, 5.41) is 31.3. The number of nitrogens with two attached hydrogens (primary N) is 1. The molecule has 0 aliphatic carbocycles. The molecule has 0 saturated carbocycles. The SMILES string of the molecule is CC(=O)Nc1cc(C)ccc1C.CCOc1ccc(C)cc1[N+](=O)[O-].Cc1c(Cl)cccc1Cl.Cc1cc(C)cc(C)c1.Cc1cc(Cl)cc(Cl)c1.Cc1ccc(C)c(NCCCCCN)c1.Cc1ccc(C)cc1.Cc1ccc(Cl)c(Cl)c1.Cc1ccc(N(C)C)cc1.Cc1cccc(C)c1.Cc1cccc([N+](=O)[O-])c1C.Cc1ccccc1. The number of rotatable bonds is 12. The molecular formula is C102H126Cl6N6O6. The first-order valence-electron chi connectivity index (χ1n) is 39.6. The van der Waals surface area contributed by atoms with Gasteiger partial charge in [0.15, 0.2) is 5.75 Å². The van der Waals surface area contributed by atoms with Gasteiger partial charge in [0.2, 0.25) is 5.91 Å². The van der Waals surface area contributed by atoms with Crippen LogP contribution in [0.25, 0.3) is 0 Å². The number of nitro benzene ring substituents is 2. The van der Waals surface area contributed by atoms with Crippen LogP contribution in [-0.4, -0.2) is 49.5 Å². The molecule has 12 aromatic rings. The van der Waals surface area contributed by atoms with Crippen LogP contribution >= 0.6 is 69.6 Å². The molecule has 0 bridgehead atoms. The van der Waals surface area contributed by atoms with E-state index in [-0.39, 0.29) is 22.2 Å². The van der Waals surface area contributed by atoms with Crippen molar-refractivity contribution >= 4 is 104 Å². The second kappa shape index (κ2) is 60.5. The molecule has 0 fully saturated rings. The van der Waals surface area contributed by atoms with Crippen molar-refractivity contribution in [2.75, 3.05) is 49.3 Å². The Labute approximate surface area is 748 Å². The Balaban J connectivity index is 0.000000658. The Morgan fingerprint density at radius 3 is 1.16 bits per heavy atom. The van der Waals surface area contributed by atoms with Crippen LogP contribution in [0.4, 0.5) is 28.4 Å². The summed E-state index contributed by atoms with van der Waals surface area (Å²) in [4.78, 5) is 33.0. The van der Waals surface area contributed by atoms with E-state index in [2.05, 4.69) is 213 Å². The van der Waals surface area contributed by atoms with Gasteiger partial charge in [0.05, 0.1) is 26.5 Å². The van der Waals surface area contributed by atoms with Crippen LogP contribution in [-0.2, 0) is 4.79 Å². The lowest BCUT2D eigenvalue weighted by Crippen LogP contribution is -2.07. The number of nitro groups is 2. The first-order valence-corrected chi connectivity index (χ1v) is 41.9. The summed E-state index contributed by atoms with van der Waals surface area (Å²) in [7, 11) is 4.09. The molecule has 12 rings (SSSR count). The highest BCUT2D eigenvalue weighted by Crippen LogP contribution is 2.29. The lowest BCUT2D eigenvalue weighted by Gasteiger charge is -2.11. The van der Waals surface area contributed by atoms with E-state index < -0.39 is 4.92 Å². The van der Waals surface area contributed by atoms with Crippen LogP contribution in [0.1, 0.15) is 139 Å². The molecule has 1 amide bonds. The Morgan fingerprint density at radius 2 is 0.758 bits per heavy atom. The van der Waals surface area contributed by atoms with Crippen molar-refractivity contribution in [3.63, 3.8) is 0 Å². The van der Waals surface area contributed by atoms with Crippen LogP contribution in [0, 0.1) is 152 Å². The van der Waals surface area contributed by atoms with Crippen LogP contribution < -0.4 is 26.0 Å². The number of aryl methyl sites for hydroxylation is 17. The highest BCUT2D eigenvalue weighted by molar-refractivity contribution is 6.42. The fraction of sp³-hybridized carbons (Fsp3) is 0.284. The van der Waals surface area contributed by atoms with Gasteiger partial charge in [-0.05, 0) is 281 Å². The lowest BCUT2D eigenvalue weighted by molar-refractivity contribution is -0.385. The summed E-state index contributed by atoms with van der Waals surface area (Å²) in [6, 6.07) is 81.2. The summed E-state index contributed by atoms with van der Waals surface area (Å²) in [5.41, 5.74) is 31.7. The van der Waals surface area contributed by atoms with Gasteiger partial charge in [0.25, 0.3) is 5.69 Å². The third-order valence-electron chi connectivity index (χ3n) is 17.2. The quantitative estimate of drug-likeness (QED) is 0.0613. The number of nitrogens with zero attached hydrogens (tertiary/aromatic N) is 3. The number of ether oxygens (including phenoxy) is 1. The van der Waals surface area contributed by atoms with Gasteiger partial charge in [0.1, 0.15) is 0 Å². The molecule has 0 aromatic heterocycles. The third-order valence-corrected chi connectivity index (χ3v) is 19.2. The lowest BCUT2D eigenvalue weighted by atomic mass is 10.1. The Hall–Kier alpha value is -9.99. The summed E-state index contributed by atoms with van der Waals surface area (Å²) in [6.07, 6.45) is 3.55. The van der Waals surface area contributed by atoms with E-state index in [0.29, 0.717) is 32.4 Å². The Kier molecular flexibility index (Phi) is 54.4. The van der Waals surface area contributed by atoms with E-state index in [0.717, 1.165) is 79.8 Å². The molecule has 12 aromatic carbocycles. The van der Waals surface area contributed by atoms with Gasteiger partial charge in [-0.25, -0.2) is 0 Å². The van der Waals surface area contributed by atoms with E-state index in [1.165, 1.54) is 104 Å². The van der Waals surface area contributed by atoms with Crippen LogP contribution in [0.3, 0.4) is 0 Å². The molecule has 0 heterocycles. The number of anilines is 3. The van der Waals surface area contributed by atoms with Gasteiger partial charge in [-0.3, -0.25) is 25.0 Å². The normalized spacial score (nSPS) is 9.62. The third kappa shape index (κ3) is 49.5. The summed E-state index contributed by atoms with van der Waals surface area (Å²) in [5.74, 6) is 0.307. The molecule has 0 aliphatic heterocycles. The molecule has 0 atom stereocenters. The number of amides is 1. The largest absolute Gasteiger partial charge is 0.487 e. The number of benzene rings is 12. The van der Waals surface area contributed by atoms with E-state index in [1.54, 1.807) is 44.2 Å². The zero-order valence-electron chi connectivity index (χ0n) is 74.6. The maximum atomic E-state index is 10.8. The molecule has 18 heteroatoms. The molecule has 120 heavy (non-hydrogen) atoms. The van der Waals surface area contributed by atoms with Crippen LogP contribution in [0.15, 0.2) is 249 Å². The van der Waals surface area contributed by atoms with E-state index >= 15 is 0 Å². The van der Waals surface area contributed by atoms with Crippen LogP contribution in [0.2, 0.25) is 30.1 Å². The number of halogens is 6. The van der Waals surface area contributed by atoms with Crippen molar-refractivity contribution in [2.45, 2.75) is 165 Å². The van der Waals surface area contributed by atoms with Gasteiger partial charge in [-0.1, -0.05) is 290 Å². The van der Waals surface area contributed by atoms with Crippen molar-refractivity contribution in [1.82, 2.24) is 0 Å². The molecule has 12 nitrogen and oxygen atoms in total. The molecule has 0 spiro atoms. The number of hydrogen-bond acceptors (Lipinski definition) is 9. The highest BCUT2D eigenvalue weighted by Gasteiger charge is 2.14. The van der Waals surface area contributed by atoms with Crippen molar-refractivity contribution in [3.8, 4) is 5.75 Å². The molecule has 0 radical (unpaired) electrons. The van der Waals surface area contributed by atoms with Crippen molar-refractivity contribution in [1.29, 1.82) is 0 Å². The Bertz CT molecular complexity index is 4790. The van der Waals surface area contributed by atoms with Gasteiger partial charge >= 0.3 is 5.69 Å². The summed E-state index contributed by atoms with van der Waals surface area (Å²) in [6.45, 7) is 44.1. The van der Waals surface area contributed by atoms with Gasteiger partial charge in [0, 0.05) is 82.4 Å². The van der Waals surface area contributed by atoms with Gasteiger partial charge in [-0.15, -0.1) is 0 Å². The van der Waals surface area contributed by atoms with Gasteiger partial charge in [-0.2, -0.15) is 0 Å². The molecule has 0 saturated heterocycles. The fourth-order valence-corrected chi connectivity index (χ4v) is 11.9. The van der Waals surface area contributed by atoms with E-state index in [4.69, 9.17) is 80.1 Å². The fourth-order valence-electron chi connectivity index (χ4n) is 10.5. The minimum absolute atomic E-state index is 0.0244. The average Bonchev–Trinajstić information content (AvgIpc) is 0.859. The number of unbranched alkanes of at least 4 members (excludes halogenated alkanes) is 2. The zero-order chi connectivity index (χ0) is 90.6. The zero-order valence-corrected chi connectivity index (χ0v) is 79.1. The number of carbonyl (C=O) groups excluding carboxylic acids is 1. The molecule has 4 N–H and O–H groups in total. The van der Waals surface area contributed by atoms with Gasteiger partial charge < -0.3 is 26.0 Å². The second-order valence-electron chi connectivity index (χ2n) is 29.3. The maximum Gasteiger partial charge on any atom is 0.311 e. The maximum absolute atomic E-state index is 10.8. The molecule has 0 aliphatic rings. The number of carbonyl (C=O) groups is 1. The van der Waals surface area contributed by atoms with Crippen molar-refractivity contribution in [2.24, 2.45) is 5.73 Å². The predicted molar refractivity (Wildman–Crippen MR) is 522 cm³/mol. The summed E-state index contributed by atoms with van der Waals surface area (Å²) >= 11 is 34.1. The monoisotopic (exact) mass is 1740 g/mol. The summed E-state index contributed by atoms with van der Waals surface area (Å²) < 4.78 is 5.11. The second-order valence-corrected chi connectivity index (χ2v) is 31.8. The number of nitrogens with one attached hydrogen (secondary N) is 2.